The minimum Gasteiger partial charge on any atom is -0.480 e. The Morgan fingerprint density at radius 1 is 1.42 bits per heavy atom. The third kappa shape index (κ3) is 4.45. The average Bonchev–Trinajstić information content (AvgIpc) is 2.47. The van der Waals surface area contributed by atoms with Crippen molar-refractivity contribution < 1.29 is 14.7 Å². The number of hydrogen-bond acceptors (Lipinski definition) is 5. The van der Waals surface area contributed by atoms with Gasteiger partial charge in [0.05, 0.1) is 12.1 Å². The third-order valence-corrected chi connectivity index (χ3v) is 4.64. The molecule has 0 saturated heterocycles. The van der Waals surface area contributed by atoms with Crippen molar-refractivity contribution in [3.8, 4) is 0 Å². The van der Waals surface area contributed by atoms with Gasteiger partial charge in [0.1, 0.15) is 5.82 Å². The van der Waals surface area contributed by atoms with Crippen LogP contribution in [0.15, 0.2) is 16.7 Å². The lowest BCUT2D eigenvalue weighted by Gasteiger charge is -2.42. The van der Waals surface area contributed by atoms with Crippen LogP contribution in [0.3, 0.4) is 0 Å². The van der Waals surface area contributed by atoms with Gasteiger partial charge in [0, 0.05) is 36.8 Å². The number of carboxylic acid groups (broad SMARTS) is 1. The maximum absolute atomic E-state index is 12.5. The van der Waals surface area contributed by atoms with Crippen LogP contribution in [0.2, 0.25) is 0 Å². The molecule has 1 aliphatic carbocycles. The molecule has 2 rings (SSSR count). The standard InChI is InChI=1S/C16H23BrN4O3/c1-4-21(9-14(22)23)12-6-11(7-12)19-16(24)13-5-10(17)8-18-15(13)20(2)3/h5,8,11-12H,4,6-7,9H2,1-3H3,(H,19,24)(H,22,23). The molecule has 1 amide bonds. The number of carbonyl (C=O) groups excluding carboxylic acids is 1. The molecule has 0 atom stereocenters. The maximum Gasteiger partial charge on any atom is 0.317 e. The molecule has 0 unspecified atom stereocenters. The van der Waals surface area contributed by atoms with E-state index in [-0.39, 0.29) is 24.5 Å². The summed E-state index contributed by atoms with van der Waals surface area (Å²) < 4.78 is 0.753. The Balaban J connectivity index is 1.96. The molecule has 2 N–H and O–H groups in total. The summed E-state index contributed by atoms with van der Waals surface area (Å²) in [6.45, 7) is 2.69. The zero-order chi connectivity index (χ0) is 17.9. The molecule has 0 aromatic carbocycles. The smallest absolute Gasteiger partial charge is 0.317 e. The number of likely N-dealkylation sites (N-methyl/N-ethyl adjacent to an activating group) is 1. The SMILES string of the molecule is CCN(CC(=O)O)C1CC(NC(=O)c2cc(Br)cnc2N(C)C)C1. The van der Waals surface area contributed by atoms with Crippen LogP contribution in [-0.4, -0.2) is 66.1 Å². The summed E-state index contributed by atoms with van der Waals surface area (Å²) >= 11 is 3.35. The van der Waals surface area contributed by atoms with E-state index in [4.69, 9.17) is 5.11 Å². The van der Waals surface area contributed by atoms with Crippen molar-refractivity contribution in [1.82, 2.24) is 15.2 Å². The molecular weight excluding hydrogens is 376 g/mol. The number of halogens is 1. The second-order valence-electron chi connectivity index (χ2n) is 6.17. The summed E-state index contributed by atoms with van der Waals surface area (Å²) in [4.78, 5) is 31.4. The highest BCUT2D eigenvalue weighted by Crippen LogP contribution is 2.27. The van der Waals surface area contributed by atoms with Gasteiger partial charge in [0.25, 0.3) is 5.91 Å². The Morgan fingerprint density at radius 2 is 2.08 bits per heavy atom. The molecule has 1 saturated carbocycles. The molecule has 0 radical (unpaired) electrons. The van der Waals surface area contributed by atoms with E-state index in [1.54, 1.807) is 17.2 Å². The van der Waals surface area contributed by atoms with E-state index >= 15 is 0 Å². The van der Waals surface area contributed by atoms with E-state index in [9.17, 15) is 9.59 Å². The van der Waals surface area contributed by atoms with Crippen LogP contribution in [0.4, 0.5) is 5.82 Å². The molecule has 8 heteroatoms. The van der Waals surface area contributed by atoms with Gasteiger partial charge in [-0.3, -0.25) is 14.5 Å². The third-order valence-electron chi connectivity index (χ3n) is 4.21. The minimum atomic E-state index is -0.819. The monoisotopic (exact) mass is 398 g/mol. The van der Waals surface area contributed by atoms with Crippen molar-refractivity contribution in [2.75, 3.05) is 32.1 Å². The van der Waals surface area contributed by atoms with E-state index in [2.05, 4.69) is 26.2 Å². The van der Waals surface area contributed by atoms with E-state index in [1.165, 1.54) is 0 Å². The largest absolute Gasteiger partial charge is 0.480 e. The lowest BCUT2D eigenvalue weighted by molar-refractivity contribution is -0.139. The lowest BCUT2D eigenvalue weighted by atomic mass is 9.85. The second kappa shape index (κ2) is 7.94. The van der Waals surface area contributed by atoms with E-state index in [0.29, 0.717) is 17.9 Å². The molecule has 1 fully saturated rings. The van der Waals surface area contributed by atoms with Gasteiger partial charge in [-0.25, -0.2) is 4.98 Å². The van der Waals surface area contributed by atoms with Crippen molar-refractivity contribution in [3.63, 3.8) is 0 Å². The first-order chi connectivity index (χ1) is 11.3. The summed E-state index contributed by atoms with van der Waals surface area (Å²) in [6, 6.07) is 2.04. The number of nitrogens with zero attached hydrogens (tertiary/aromatic N) is 3. The molecule has 1 heterocycles. The van der Waals surface area contributed by atoms with Crippen molar-refractivity contribution >= 4 is 33.6 Å². The van der Waals surface area contributed by atoms with Gasteiger partial charge in [-0.05, 0) is 41.4 Å². The molecule has 132 valence electrons. The van der Waals surface area contributed by atoms with Gasteiger partial charge in [0.15, 0.2) is 0 Å². The van der Waals surface area contributed by atoms with Crippen molar-refractivity contribution in [2.45, 2.75) is 31.8 Å². The fraction of sp³-hybridized carbons (Fsp3) is 0.562. The Kier molecular flexibility index (Phi) is 6.17. The predicted octanol–water partition coefficient (Wildman–Crippen LogP) is 1.58. The Morgan fingerprint density at radius 3 is 2.62 bits per heavy atom. The van der Waals surface area contributed by atoms with Crippen LogP contribution in [-0.2, 0) is 4.79 Å². The van der Waals surface area contributed by atoms with Gasteiger partial charge in [-0.1, -0.05) is 6.92 Å². The first-order valence-electron chi connectivity index (χ1n) is 7.91. The van der Waals surface area contributed by atoms with Gasteiger partial charge in [-0.2, -0.15) is 0 Å². The number of pyridine rings is 1. The topological polar surface area (TPSA) is 85.8 Å². The van der Waals surface area contributed by atoms with Crippen LogP contribution in [0.1, 0.15) is 30.1 Å². The zero-order valence-electron chi connectivity index (χ0n) is 14.1. The van der Waals surface area contributed by atoms with Crippen molar-refractivity contribution in [1.29, 1.82) is 0 Å². The van der Waals surface area contributed by atoms with E-state index < -0.39 is 5.97 Å². The van der Waals surface area contributed by atoms with Gasteiger partial charge in [-0.15, -0.1) is 0 Å². The number of hydrogen-bond donors (Lipinski definition) is 2. The molecule has 24 heavy (non-hydrogen) atoms. The van der Waals surface area contributed by atoms with Crippen LogP contribution in [0, 0.1) is 0 Å². The highest BCUT2D eigenvalue weighted by Gasteiger charge is 2.35. The van der Waals surface area contributed by atoms with Crippen LogP contribution in [0.25, 0.3) is 0 Å². The molecule has 0 bridgehead atoms. The molecule has 1 aromatic rings. The predicted molar refractivity (Wildman–Crippen MR) is 95.4 cm³/mol. The number of aliphatic carboxylic acids is 1. The molecule has 1 aromatic heterocycles. The quantitative estimate of drug-likeness (QED) is 0.724. The first kappa shape index (κ1) is 18.7. The maximum atomic E-state index is 12.5. The van der Waals surface area contributed by atoms with Crippen molar-refractivity contribution in [2.24, 2.45) is 0 Å². The number of carbonyl (C=O) groups is 2. The van der Waals surface area contributed by atoms with Crippen LogP contribution >= 0.6 is 15.9 Å². The molecule has 0 spiro atoms. The second-order valence-corrected chi connectivity index (χ2v) is 7.09. The van der Waals surface area contributed by atoms with Crippen molar-refractivity contribution in [3.05, 3.63) is 22.3 Å². The summed E-state index contributed by atoms with van der Waals surface area (Å²) in [5, 5.41) is 11.9. The summed E-state index contributed by atoms with van der Waals surface area (Å²) in [7, 11) is 3.69. The van der Waals surface area contributed by atoms with Gasteiger partial charge >= 0.3 is 5.97 Å². The molecule has 0 aliphatic heterocycles. The fourth-order valence-corrected chi connectivity index (χ4v) is 3.23. The summed E-state index contributed by atoms with van der Waals surface area (Å²) in [5.74, 6) is -0.356. The Bertz CT molecular complexity index is 617. The number of carboxylic acids is 1. The Hall–Kier alpha value is -1.67. The van der Waals surface area contributed by atoms with Crippen LogP contribution < -0.4 is 10.2 Å². The van der Waals surface area contributed by atoms with E-state index in [0.717, 1.165) is 17.3 Å². The minimum absolute atomic E-state index is 0.0438. The number of anilines is 1. The van der Waals surface area contributed by atoms with E-state index in [1.807, 2.05) is 25.9 Å². The molecular formula is C16H23BrN4O3. The Labute approximate surface area is 150 Å². The highest BCUT2D eigenvalue weighted by atomic mass is 79.9. The highest BCUT2D eigenvalue weighted by molar-refractivity contribution is 9.10. The summed E-state index contributed by atoms with van der Waals surface area (Å²) in [5.41, 5.74) is 0.524. The normalized spacial score (nSPS) is 19.7. The number of aromatic nitrogens is 1. The number of nitrogens with one attached hydrogen (secondary N) is 1. The lowest BCUT2D eigenvalue weighted by Crippen LogP contribution is -2.54. The fourth-order valence-electron chi connectivity index (χ4n) is 2.90. The first-order valence-corrected chi connectivity index (χ1v) is 8.70. The van der Waals surface area contributed by atoms with Crippen LogP contribution in [0.5, 0.6) is 0 Å². The average molecular weight is 399 g/mol. The number of rotatable bonds is 7. The summed E-state index contributed by atoms with van der Waals surface area (Å²) in [6.07, 6.45) is 3.20. The number of amides is 1. The zero-order valence-corrected chi connectivity index (χ0v) is 15.7. The molecule has 7 nitrogen and oxygen atoms in total. The molecule has 1 aliphatic rings. The van der Waals surface area contributed by atoms with Gasteiger partial charge < -0.3 is 15.3 Å². The van der Waals surface area contributed by atoms with Gasteiger partial charge in [0.2, 0.25) is 0 Å².